The van der Waals surface area contributed by atoms with Gasteiger partial charge < -0.3 is 9.97 Å². The minimum absolute atomic E-state index is 0.925. The van der Waals surface area contributed by atoms with E-state index in [2.05, 4.69) is 106 Å². The van der Waals surface area contributed by atoms with E-state index < -0.39 is 0 Å². The third-order valence-corrected chi connectivity index (χ3v) is 7.71. The van der Waals surface area contributed by atoms with Crippen molar-refractivity contribution >= 4 is 69.0 Å². The SMILES string of the molecule is C1=Cc2nc1cc1ccc([nH]1)c(-c1cccs1)c1nc(cc3ccc([nH]3)c2-c2cccs2)C=C1. The number of rotatable bonds is 2. The summed E-state index contributed by atoms with van der Waals surface area (Å²) in [6.45, 7) is 0. The van der Waals surface area contributed by atoms with E-state index in [1.165, 1.54) is 9.75 Å². The summed E-state index contributed by atoms with van der Waals surface area (Å²) < 4.78 is 0. The molecule has 0 aromatic carbocycles. The van der Waals surface area contributed by atoms with Gasteiger partial charge in [0.25, 0.3) is 0 Å². The fraction of sp³-hybridized carbons (Fsp3) is 0. The quantitative estimate of drug-likeness (QED) is 0.266. The highest BCUT2D eigenvalue weighted by molar-refractivity contribution is 7.14. The van der Waals surface area contributed by atoms with Gasteiger partial charge in [0.05, 0.1) is 22.8 Å². The smallest absolute Gasteiger partial charge is 0.0745 e. The molecule has 5 aromatic heterocycles. The van der Waals surface area contributed by atoms with Crippen LogP contribution in [0.1, 0.15) is 22.8 Å². The van der Waals surface area contributed by atoms with Crippen LogP contribution in [-0.4, -0.2) is 19.9 Å². The molecule has 0 amide bonds. The number of fused-ring (bicyclic) bond motifs is 8. The number of hydrogen-bond acceptors (Lipinski definition) is 4. The predicted molar refractivity (Wildman–Crippen MR) is 145 cm³/mol. The van der Waals surface area contributed by atoms with Crippen LogP contribution >= 0.6 is 22.7 Å². The molecular weight excluding hydrogens is 456 g/mol. The van der Waals surface area contributed by atoms with Crippen molar-refractivity contribution in [2.75, 3.05) is 0 Å². The highest BCUT2D eigenvalue weighted by Crippen LogP contribution is 2.34. The van der Waals surface area contributed by atoms with Crippen LogP contribution in [0.3, 0.4) is 0 Å². The van der Waals surface area contributed by atoms with Crippen molar-refractivity contribution < 1.29 is 0 Å². The van der Waals surface area contributed by atoms with E-state index >= 15 is 0 Å². The Bertz CT molecular complexity index is 1620. The van der Waals surface area contributed by atoms with Crippen molar-refractivity contribution in [3.63, 3.8) is 0 Å². The topological polar surface area (TPSA) is 57.4 Å². The number of aromatic nitrogens is 4. The zero-order chi connectivity index (χ0) is 22.5. The molecule has 4 nitrogen and oxygen atoms in total. The summed E-state index contributed by atoms with van der Waals surface area (Å²) in [5.74, 6) is 0. The summed E-state index contributed by atoms with van der Waals surface area (Å²) in [4.78, 5) is 19.5. The van der Waals surface area contributed by atoms with Gasteiger partial charge in [0.15, 0.2) is 0 Å². The molecule has 6 heteroatoms. The van der Waals surface area contributed by atoms with E-state index in [1.54, 1.807) is 22.7 Å². The van der Waals surface area contributed by atoms with Crippen molar-refractivity contribution in [2.45, 2.75) is 0 Å². The average Bonchev–Trinajstić information content (AvgIpc) is 3.67. The maximum absolute atomic E-state index is 4.97. The maximum Gasteiger partial charge on any atom is 0.0745 e. The molecule has 0 spiro atoms. The van der Waals surface area contributed by atoms with Crippen LogP contribution in [0.25, 0.3) is 67.3 Å². The zero-order valence-corrected chi connectivity index (χ0v) is 19.6. The number of nitrogens with one attached hydrogen (secondary N) is 2. The number of aromatic amines is 2. The Morgan fingerprint density at radius 1 is 0.559 bits per heavy atom. The molecule has 0 saturated carbocycles. The lowest BCUT2D eigenvalue weighted by molar-refractivity contribution is 1.31. The Hall–Kier alpha value is -4.00. The Labute approximate surface area is 203 Å². The second-order valence-corrected chi connectivity index (χ2v) is 10.1. The highest BCUT2D eigenvalue weighted by atomic mass is 32.1. The molecule has 5 aromatic rings. The molecule has 7 heterocycles. The molecule has 0 aliphatic carbocycles. The van der Waals surface area contributed by atoms with Gasteiger partial charge in [-0.25, -0.2) is 9.97 Å². The zero-order valence-electron chi connectivity index (χ0n) is 17.9. The van der Waals surface area contributed by atoms with Gasteiger partial charge in [-0.1, -0.05) is 12.1 Å². The molecule has 0 radical (unpaired) electrons. The van der Waals surface area contributed by atoms with Gasteiger partial charge in [-0.15, -0.1) is 22.7 Å². The van der Waals surface area contributed by atoms with E-state index in [1.807, 2.05) is 0 Å². The van der Waals surface area contributed by atoms with Gasteiger partial charge >= 0.3 is 0 Å². The highest BCUT2D eigenvalue weighted by Gasteiger charge is 2.13. The predicted octanol–water partition coefficient (Wildman–Crippen LogP) is 8.11. The molecule has 2 aliphatic heterocycles. The standard InChI is InChI=1S/C28H18N4S2/c1-3-25(33-13-1)27-21-9-5-17(29-21)15-19-7-11-23(31-19)28(26-4-2-14-34-26)24-12-8-20(32-24)16-18-6-10-22(27)30-18/h1-16,29,32H. The molecule has 0 fully saturated rings. The van der Waals surface area contributed by atoms with Gasteiger partial charge in [-0.05, 0) is 83.6 Å². The van der Waals surface area contributed by atoms with Gasteiger partial charge in [-0.2, -0.15) is 0 Å². The second-order valence-electron chi connectivity index (χ2n) is 8.16. The molecule has 0 atom stereocenters. The van der Waals surface area contributed by atoms with Crippen LogP contribution in [0.5, 0.6) is 0 Å². The summed E-state index contributed by atoms with van der Waals surface area (Å²) in [6.07, 6.45) is 8.35. The van der Waals surface area contributed by atoms with Crippen LogP contribution in [-0.2, 0) is 0 Å². The lowest BCUT2D eigenvalue weighted by Crippen LogP contribution is -1.83. The third kappa shape index (κ3) is 3.36. The number of nitrogens with zero attached hydrogens (tertiary/aromatic N) is 2. The number of hydrogen-bond donors (Lipinski definition) is 2. The van der Waals surface area contributed by atoms with E-state index in [9.17, 15) is 0 Å². The normalized spacial score (nSPS) is 12.5. The van der Waals surface area contributed by atoms with E-state index in [0.29, 0.717) is 0 Å². The first-order valence-electron chi connectivity index (χ1n) is 11.0. The Balaban J connectivity index is 1.60. The molecule has 2 aliphatic rings. The maximum atomic E-state index is 4.97. The van der Waals surface area contributed by atoms with Gasteiger partial charge in [0.1, 0.15) is 0 Å². The van der Waals surface area contributed by atoms with Gasteiger partial charge in [-0.3, -0.25) is 0 Å². The Kier molecular flexibility index (Phi) is 4.46. The van der Waals surface area contributed by atoms with Crippen molar-refractivity contribution in [1.82, 2.24) is 19.9 Å². The molecule has 8 bridgehead atoms. The van der Waals surface area contributed by atoms with Crippen LogP contribution < -0.4 is 0 Å². The monoisotopic (exact) mass is 474 g/mol. The summed E-state index contributed by atoms with van der Waals surface area (Å²) in [5, 5.41) is 4.20. The minimum Gasteiger partial charge on any atom is -0.355 e. The van der Waals surface area contributed by atoms with Crippen LogP contribution in [0.15, 0.2) is 71.4 Å². The molecule has 7 rings (SSSR count). The van der Waals surface area contributed by atoms with Crippen molar-refractivity contribution in [1.29, 1.82) is 0 Å². The van der Waals surface area contributed by atoms with Crippen molar-refractivity contribution in [3.8, 4) is 20.9 Å². The van der Waals surface area contributed by atoms with Crippen LogP contribution in [0.4, 0.5) is 0 Å². The first-order chi connectivity index (χ1) is 16.8. The van der Waals surface area contributed by atoms with Crippen LogP contribution in [0, 0.1) is 0 Å². The molecule has 0 saturated heterocycles. The van der Waals surface area contributed by atoms with Crippen molar-refractivity contribution in [3.05, 3.63) is 94.2 Å². The summed E-state index contributed by atoms with van der Waals surface area (Å²) in [5.41, 5.74) is 10.1. The van der Waals surface area contributed by atoms with E-state index in [4.69, 9.17) is 9.97 Å². The van der Waals surface area contributed by atoms with Gasteiger partial charge in [0, 0.05) is 42.9 Å². The average molecular weight is 475 g/mol. The Morgan fingerprint density at radius 2 is 1.06 bits per heavy atom. The summed E-state index contributed by atoms with van der Waals surface area (Å²) in [6, 6.07) is 21.1. The van der Waals surface area contributed by atoms with Gasteiger partial charge in [0.2, 0.25) is 0 Å². The fourth-order valence-corrected chi connectivity index (χ4v) is 6.02. The minimum atomic E-state index is 0.925. The molecular formula is C28H18N4S2. The first-order valence-corrected chi connectivity index (χ1v) is 12.7. The molecule has 162 valence electrons. The first kappa shape index (κ1) is 19.5. The molecule has 2 N–H and O–H groups in total. The Morgan fingerprint density at radius 3 is 1.50 bits per heavy atom. The lowest BCUT2D eigenvalue weighted by atomic mass is 10.1. The van der Waals surface area contributed by atoms with Crippen LogP contribution in [0.2, 0.25) is 0 Å². The lowest BCUT2D eigenvalue weighted by Gasteiger charge is -2.00. The van der Waals surface area contributed by atoms with Crippen molar-refractivity contribution in [2.24, 2.45) is 0 Å². The van der Waals surface area contributed by atoms with E-state index in [0.717, 1.165) is 56.0 Å². The number of H-pyrrole nitrogens is 2. The third-order valence-electron chi connectivity index (χ3n) is 5.93. The molecule has 0 unspecified atom stereocenters. The fourth-order valence-electron chi connectivity index (χ4n) is 4.43. The molecule has 34 heavy (non-hydrogen) atoms. The number of thiophene rings is 2. The summed E-state index contributed by atoms with van der Waals surface area (Å²) >= 11 is 3.44. The second kappa shape index (κ2) is 7.80. The summed E-state index contributed by atoms with van der Waals surface area (Å²) in [7, 11) is 0. The van der Waals surface area contributed by atoms with E-state index in [-0.39, 0.29) is 0 Å². The largest absolute Gasteiger partial charge is 0.355 e.